The quantitative estimate of drug-likeness (QED) is 0.824. The fourth-order valence-electron chi connectivity index (χ4n) is 3.16. The van der Waals surface area contributed by atoms with Gasteiger partial charge in [-0.2, -0.15) is 0 Å². The summed E-state index contributed by atoms with van der Waals surface area (Å²) in [4.78, 5) is 0. The van der Waals surface area contributed by atoms with E-state index in [0.29, 0.717) is 11.8 Å². The first-order valence-electron chi connectivity index (χ1n) is 6.79. The second-order valence-electron chi connectivity index (χ2n) is 5.93. The molecule has 1 aliphatic rings. The molecule has 0 aromatic heterocycles. The molecule has 0 spiro atoms. The first kappa shape index (κ1) is 12.6. The third-order valence-corrected chi connectivity index (χ3v) is 4.56. The highest BCUT2D eigenvalue weighted by Gasteiger charge is 2.39. The van der Waals surface area contributed by atoms with Gasteiger partial charge in [-0.1, -0.05) is 56.5 Å². The molecule has 1 aliphatic carbocycles. The number of aliphatic hydroxyl groups is 1. The van der Waals surface area contributed by atoms with Crippen molar-refractivity contribution < 1.29 is 5.11 Å². The number of benzene rings is 1. The van der Waals surface area contributed by atoms with Crippen LogP contribution >= 0.6 is 0 Å². The molecule has 1 saturated carbocycles. The molecule has 0 aliphatic heterocycles. The molecule has 0 saturated heterocycles. The van der Waals surface area contributed by atoms with E-state index in [1.54, 1.807) is 0 Å². The Morgan fingerprint density at radius 1 is 1.35 bits per heavy atom. The van der Waals surface area contributed by atoms with Gasteiger partial charge in [0.15, 0.2) is 0 Å². The van der Waals surface area contributed by atoms with E-state index in [-0.39, 0.29) is 0 Å². The minimum absolute atomic E-state index is 0.400. The summed E-state index contributed by atoms with van der Waals surface area (Å²) in [6, 6.07) is 8.53. The lowest BCUT2D eigenvalue weighted by molar-refractivity contribution is -0.0620. The maximum atomic E-state index is 10.9. The van der Waals surface area contributed by atoms with Crippen LogP contribution in [0, 0.1) is 18.8 Å². The van der Waals surface area contributed by atoms with Crippen molar-refractivity contribution in [2.75, 3.05) is 0 Å². The average molecular weight is 232 g/mol. The van der Waals surface area contributed by atoms with E-state index in [2.05, 4.69) is 45.0 Å². The van der Waals surface area contributed by atoms with Crippen LogP contribution < -0.4 is 0 Å². The molecule has 0 amide bonds. The lowest BCUT2D eigenvalue weighted by Gasteiger charge is -2.42. The minimum atomic E-state index is -0.495. The van der Waals surface area contributed by atoms with Gasteiger partial charge in [0.2, 0.25) is 0 Å². The zero-order valence-corrected chi connectivity index (χ0v) is 11.2. The van der Waals surface area contributed by atoms with E-state index in [1.165, 1.54) is 17.5 Å². The number of rotatable bonds is 2. The molecule has 17 heavy (non-hydrogen) atoms. The second-order valence-corrected chi connectivity index (χ2v) is 5.93. The lowest BCUT2D eigenvalue weighted by Crippen LogP contribution is -2.44. The number of aryl methyl sites for hydroxylation is 1. The summed E-state index contributed by atoms with van der Waals surface area (Å²) < 4.78 is 0. The smallest absolute Gasteiger partial charge is 0.0715 e. The first-order chi connectivity index (χ1) is 8.01. The van der Waals surface area contributed by atoms with Crippen molar-refractivity contribution in [1.82, 2.24) is 0 Å². The molecule has 0 radical (unpaired) electrons. The van der Waals surface area contributed by atoms with Crippen LogP contribution in [0.2, 0.25) is 0 Å². The van der Waals surface area contributed by atoms with Gasteiger partial charge in [0.1, 0.15) is 0 Å². The van der Waals surface area contributed by atoms with Gasteiger partial charge < -0.3 is 5.11 Å². The fraction of sp³-hybridized carbons (Fsp3) is 0.625. The van der Waals surface area contributed by atoms with Crippen molar-refractivity contribution in [3.05, 3.63) is 35.4 Å². The average Bonchev–Trinajstić information content (AvgIpc) is 2.26. The van der Waals surface area contributed by atoms with Crippen LogP contribution in [0.4, 0.5) is 0 Å². The van der Waals surface area contributed by atoms with Crippen LogP contribution in [0.25, 0.3) is 0 Å². The number of hydrogen-bond donors (Lipinski definition) is 1. The third-order valence-electron chi connectivity index (χ3n) is 4.56. The highest BCUT2D eigenvalue weighted by Crippen LogP contribution is 2.39. The molecule has 3 unspecified atom stereocenters. The van der Waals surface area contributed by atoms with Crippen molar-refractivity contribution in [3.63, 3.8) is 0 Å². The van der Waals surface area contributed by atoms with Gasteiger partial charge in [0.25, 0.3) is 0 Å². The van der Waals surface area contributed by atoms with Crippen LogP contribution in [0.15, 0.2) is 24.3 Å². The first-order valence-corrected chi connectivity index (χ1v) is 6.79. The van der Waals surface area contributed by atoms with Crippen molar-refractivity contribution in [3.8, 4) is 0 Å². The van der Waals surface area contributed by atoms with Crippen molar-refractivity contribution in [2.24, 2.45) is 11.8 Å². The molecular weight excluding hydrogens is 208 g/mol. The Morgan fingerprint density at radius 3 is 2.82 bits per heavy atom. The maximum absolute atomic E-state index is 10.9. The van der Waals surface area contributed by atoms with Crippen LogP contribution in [-0.2, 0) is 6.42 Å². The van der Waals surface area contributed by atoms with E-state index in [0.717, 1.165) is 19.3 Å². The van der Waals surface area contributed by atoms with E-state index in [1.807, 2.05) is 0 Å². The van der Waals surface area contributed by atoms with E-state index in [4.69, 9.17) is 0 Å². The zero-order chi connectivity index (χ0) is 12.5. The van der Waals surface area contributed by atoms with Crippen molar-refractivity contribution in [2.45, 2.75) is 52.1 Å². The maximum Gasteiger partial charge on any atom is 0.0715 e. The Labute approximate surface area is 105 Å². The minimum Gasteiger partial charge on any atom is -0.389 e. The second kappa shape index (κ2) is 4.81. The molecule has 0 bridgehead atoms. The van der Waals surface area contributed by atoms with Gasteiger partial charge in [0.05, 0.1) is 5.60 Å². The Bertz CT molecular complexity index is 385. The predicted molar refractivity (Wildman–Crippen MR) is 72.0 cm³/mol. The van der Waals surface area contributed by atoms with E-state index >= 15 is 0 Å². The molecule has 1 nitrogen and oxygen atoms in total. The summed E-state index contributed by atoms with van der Waals surface area (Å²) >= 11 is 0. The van der Waals surface area contributed by atoms with Crippen molar-refractivity contribution >= 4 is 0 Å². The van der Waals surface area contributed by atoms with Crippen LogP contribution in [0.5, 0.6) is 0 Å². The summed E-state index contributed by atoms with van der Waals surface area (Å²) in [6.45, 7) is 6.59. The number of hydrogen-bond acceptors (Lipinski definition) is 1. The highest BCUT2D eigenvalue weighted by atomic mass is 16.3. The van der Waals surface area contributed by atoms with Gasteiger partial charge in [-0.3, -0.25) is 0 Å². The predicted octanol–water partition coefficient (Wildman–Crippen LogP) is 3.72. The van der Waals surface area contributed by atoms with Crippen LogP contribution in [0.3, 0.4) is 0 Å². The van der Waals surface area contributed by atoms with Gasteiger partial charge in [0, 0.05) is 6.42 Å². The molecule has 2 rings (SSSR count). The summed E-state index contributed by atoms with van der Waals surface area (Å²) in [5, 5.41) is 10.9. The summed E-state index contributed by atoms with van der Waals surface area (Å²) in [7, 11) is 0. The zero-order valence-electron chi connectivity index (χ0n) is 11.2. The molecule has 0 heterocycles. The lowest BCUT2D eigenvalue weighted by atomic mass is 9.68. The molecule has 1 heteroatoms. The fourth-order valence-corrected chi connectivity index (χ4v) is 3.16. The van der Waals surface area contributed by atoms with Crippen LogP contribution in [-0.4, -0.2) is 10.7 Å². The molecule has 1 N–H and O–H groups in total. The monoisotopic (exact) mass is 232 g/mol. The SMILES string of the molecule is Cc1cccc(CC2(O)CCCC(C)C2C)c1. The molecule has 1 aromatic rings. The standard InChI is InChI=1S/C16H24O/c1-12-6-4-8-15(10-12)11-16(17)9-5-7-13(2)14(16)3/h4,6,8,10,13-14,17H,5,7,9,11H2,1-3H3. The molecular formula is C16H24O. The molecule has 94 valence electrons. The van der Waals surface area contributed by atoms with Gasteiger partial charge in [-0.25, -0.2) is 0 Å². The topological polar surface area (TPSA) is 20.2 Å². The Hall–Kier alpha value is -0.820. The van der Waals surface area contributed by atoms with Gasteiger partial charge >= 0.3 is 0 Å². The Kier molecular flexibility index (Phi) is 3.58. The normalized spacial score (nSPS) is 33.6. The summed E-state index contributed by atoms with van der Waals surface area (Å²) in [5.74, 6) is 1.04. The van der Waals surface area contributed by atoms with E-state index in [9.17, 15) is 5.11 Å². The molecule has 3 atom stereocenters. The largest absolute Gasteiger partial charge is 0.389 e. The van der Waals surface area contributed by atoms with Gasteiger partial charge in [-0.15, -0.1) is 0 Å². The molecule has 1 fully saturated rings. The molecule has 1 aromatic carbocycles. The summed E-state index contributed by atoms with van der Waals surface area (Å²) in [5.41, 5.74) is 2.06. The highest BCUT2D eigenvalue weighted by molar-refractivity contribution is 5.24. The van der Waals surface area contributed by atoms with Crippen molar-refractivity contribution in [1.29, 1.82) is 0 Å². The summed E-state index contributed by atoms with van der Waals surface area (Å²) in [6.07, 6.45) is 4.18. The van der Waals surface area contributed by atoms with Gasteiger partial charge in [-0.05, 0) is 30.7 Å². The van der Waals surface area contributed by atoms with Crippen LogP contribution in [0.1, 0.15) is 44.2 Å². The Balaban J connectivity index is 2.16. The van der Waals surface area contributed by atoms with E-state index < -0.39 is 5.60 Å². The Morgan fingerprint density at radius 2 is 2.12 bits per heavy atom. The third kappa shape index (κ3) is 2.71.